The fraction of sp³-hybridized carbons (Fsp3) is 0.350. The zero-order valence-corrected chi connectivity index (χ0v) is 16.0. The van der Waals surface area contributed by atoms with Crippen molar-refractivity contribution in [3.63, 3.8) is 0 Å². The van der Waals surface area contributed by atoms with Gasteiger partial charge in [-0.2, -0.15) is 0 Å². The van der Waals surface area contributed by atoms with Crippen molar-refractivity contribution in [3.8, 4) is 5.75 Å². The lowest BCUT2D eigenvalue weighted by atomic mass is 9.99. The smallest absolute Gasteiger partial charge is 0.310 e. The summed E-state index contributed by atoms with van der Waals surface area (Å²) >= 11 is 0. The molecule has 1 heterocycles. The van der Waals surface area contributed by atoms with Crippen molar-refractivity contribution in [2.24, 2.45) is 0 Å². The Labute approximate surface area is 164 Å². The molecule has 3 rings (SSSR count). The summed E-state index contributed by atoms with van der Waals surface area (Å²) in [6.07, 6.45) is 1.49. The molecule has 0 amide bonds. The van der Waals surface area contributed by atoms with E-state index >= 15 is 0 Å². The van der Waals surface area contributed by atoms with Crippen molar-refractivity contribution in [2.75, 3.05) is 26.7 Å². The van der Waals surface area contributed by atoms with Gasteiger partial charge in [-0.3, -0.25) is 14.9 Å². The fourth-order valence-corrected chi connectivity index (χ4v) is 3.44. The van der Waals surface area contributed by atoms with Gasteiger partial charge in [0.15, 0.2) is 11.5 Å². The van der Waals surface area contributed by atoms with Gasteiger partial charge in [-0.15, -0.1) is 12.4 Å². The summed E-state index contributed by atoms with van der Waals surface area (Å²) in [7, 11) is 1.37. The largest absolute Gasteiger partial charge is 0.490 e. The van der Waals surface area contributed by atoms with Crippen LogP contribution in [0.3, 0.4) is 0 Å². The predicted molar refractivity (Wildman–Crippen MR) is 106 cm³/mol. The van der Waals surface area contributed by atoms with Gasteiger partial charge in [0.05, 0.1) is 12.0 Å². The van der Waals surface area contributed by atoms with Crippen molar-refractivity contribution in [1.82, 2.24) is 4.90 Å². The van der Waals surface area contributed by atoms with Crippen LogP contribution >= 0.6 is 12.4 Å². The number of hydrogen-bond donors (Lipinski definition) is 0. The molecule has 1 aliphatic heterocycles. The highest BCUT2D eigenvalue weighted by atomic mass is 35.5. The number of benzene rings is 2. The van der Waals surface area contributed by atoms with Crippen LogP contribution in [0.4, 0.5) is 5.69 Å². The summed E-state index contributed by atoms with van der Waals surface area (Å²) in [5.74, 6) is 0.610. The Kier molecular flexibility index (Phi) is 7.33. The number of hydrogen-bond acceptors (Lipinski definition) is 5. The summed E-state index contributed by atoms with van der Waals surface area (Å²) in [5.41, 5.74) is 1.67. The lowest BCUT2D eigenvalue weighted by Gasteiger charge is -2.16. The highest BCUT2D eigenvalue weighted by Crippen LogP contribution is 2.29. The van der Waals surface area contributed by atoms with E-state index in [4.69, 9.17) is 4.74 Å². The van der Waals surface area contributed by atoms with Gasteiger partial charge in [-0.1, -0.05) is 30.3 Å². The predicted octanol–water partition coefficient (Wildman–Crippen LogP) is 4.09. The summed E-state index contributed by atoms with van der Waals surface area (Å²) in [4.78, 5) is 25.2. The van der Waals surface area contributed by atoms with E-state index in [1.165, 1.54) is 30.9 Å². The molecule has 0 aliphatic carbocycles. The van der Waals surface area contributed by atoms with Crippen molar-refractivity contribution >= 4 is 23.9 Å². The summed E-state index contributed by atoms with van der Waals surface area (Å²) in [5, 5.41) is 10.9. The number of methoxy groups -OCH3 is 1. The molecule has 1 saturated heterocycles. The van der Waals surface area contributed by atoms with Crippen LogP contribution in [-0.4, -0.2) is 42.4 Å². The standard InChI is InChI=1S/C20H22N2O4.ClH/c1-26-20-13-16(7-8-18(20)22(24)25)19(23)10-12-21-11-9-17(14-21)15-5-3-2-4-6-15;/h2-8,13,17H,9-12,14H2,1H3;1H. The Morgan fingerprint density at radius 1 is 1.26 bits per heavy atom. The van der Waals surface area contributed by atoms with E-state index in [-0.39, 0.29) is 29.6 Å². The van der Waals surface area contributed by atoms with Crippen LogP contribution in [0.5, 0.6) is 5.75 Å². The zero-order chi connectivity index (χ0) is 18.5. The van der Waals surface area contributed by atoms with E-state index in [1.54, 1.807) is 0 Å². The molecule has 1 aliphatic rings. The van der Waals surface area contributed by atoms with E-state index in [0.717, 1.165) is 19.5 Å². The van der Waals surface area contributed by atoms with Crippen molar-refractivity contribution in [3.05, 3.63) is 69.8 Å². The molecule has 6 nitrogen and oxygen atoms in total. The van der Waals surface area contributed by atoms with Crippen LogP contribution in [-0.2, 0) is 0 Å². The number of ether oxygens (including phenoxy) is 1. The average molecular weight is 391 g/mol. The van der Waals surface area contributed by atoms with E-state index in [2.05, 4.69) is 29.2 Å². The van der Waals surface area contributed by atoms with E-state index in [1.807, 2.05) is 6.07 Å². The molecule has 1 atom stereocenters. The number of ketones is 1. The number of nitrogens with zero attached hydrogens (tertiary/aromatic N) is 2. The molecule has 0 radical (unpaired) electrons. The molecule has 0 bridgehead atoms. The third kappa shape index (κ3) is 5.05. The second-order valence-corrected chi connectivity index (χ2v) is 6.51. The third-order valence-electron chi connectivity index (χ3n) is 4.90. The minimum Gasteiger partial charge on any atom is -0.490 e. The van der Waals surface area contributed by atoms with Crippen LogP contribution in [0, 0.1) is 10.1 Å². The number of Topliss-reactive ketones (excluding diaryl/α,β-unsaturated/α-hetero) is 1. The maximum absolute atomic E-state index is 12.5. The second kappa shape index (κ2) is 9.48. The maximum Gasteiger partial charge on any atom is 0.310 e. The van der Waals surface area contributed by atoms with Crippen molar-refractivity contribution in [1.29, 1.82) is 0 Å². The second-order valence-electron chi connectivity index (χ2n) is 6.51. The Morgan fingerprint density at radius 2 is 2.00 bits per heavy atom. The quantitative estimate of drug-likeness (QED) is 0.404. The first-order chi connectivity index (χ1) is 12.6. The first-order valence-corrected chi connectivity index (χ1v) is 8.71. The highest BCUT2D eigenvalue weighted by Gasteiger charge is 2.24. The molecule has 144 valence electrons. The van der Waals surface area contributed by atoms with Crippen LogP contribution in [0.25, 0.3) is 0 Å². The van der Waals surface area contributed by atoms with E-state index in [0.29, 0.717) is 24.4 Å². The van der Waals surface area contributed by atoms with Gasteiger partial charge in [0.1, 0.15) is 0 Å². The SMILES string of the molecule is COc1cc(C(=O)CCN2CCC(c3ccccc3)C2)ccc1[N+](=O)[O-].Cl. The van der Waals surface area contributed by atoms with Crippen molar-refractivity contribution < 1.29 is 14.5 Å². The van der Waals surface area contributed by atoms with E-state index in [9.17, 15) is 14.9 Å². The van der Waals surface area contributed by atoms with Crippen LogP contribution in [0.1, 0.15) is 34.7 Å². The Hall–Kier alpha value is -2.44. The molecule has 0 aromatic heterocycles. The minimum absolute atomic E-state index is 0. The number of carbonyl (C=O) groups is 1. The Bertz CT molecular complexity index is 798. The summed E-state index contributed by atoms with van der Waals surface area (Å²) in [6.45, 7) is 2.64. The molecule has 0 spiro atoms. The van der Waals surface area contributed by atoms with Crippen LogP contribution < -0.4 is 4.74 Å². The minimum atomic E-state index is -0.513. The van der Waals surface area contributed by atoms with Gasteiger partial charge >= 0.3 is 5.69 Å². The number of rotatable bonds is 7. The lowest BCUT2D eigenvalue weighted by molar-refractivity contribution is -0.385. The van der Waals surface area contributed by atoms with Gasteiger partial charge in [0.25, 0.3) is 0 Å². The van der Waals surface area contributed by atoms with Crippen LogP contribution in [0.2, 0.25) is 0 Å². The number of nitro groups is 1. The van der Waals surface area contributed by atoms with Gasteiger partial charge < -0.3 is 9.64 Å². The Balaban J connectivity index is 0.00000261. The van der Waals surface area contributed by atoms with Gasteiger partial charge in [0, 0.05) is 31.1 Å². The van der Waals surface area contributed by atoms with Crippen molar-refractivity contribution in [2.45, 2.75) is 18.8 Å². The molecular weight excluding hydrogens is 368 g/mol. The summed E-state index contributed by atoms with van der Waals surface area (Å²) < 4.78 is 5.03. The Morgan fingerprint density at radius 3 is 2.67 bits per heavy atom. The molecule has 27 heavy (non-hydrogen) atoms. The number of carbonyl (C=O) groups excluding carboxylic acids is 1. The molecule has 0 N–H and O–H groups in total. The third-order valence-corrected chi connectivity index (χ3v) is 4.90. The highest BCUT2D eigenvalue weighted by molar-refractivity contribution is 5.97. The molecule has 2 aromatic carbocycles. The number of halogens is 1. The molecule has 0 saturated carbocycles. The first-order valence-electron chi connectivity index (χ1n) is 8.71. The number of nitro benzene ring substituents is 1. The molecule has 2 aromatic rings. The lowest BCUT2D eigenvalue weighted by Crippen LogP contribution is -2.23. The first kappa shape index (κ1) is 20.9. The molecule has 1 unspecified atom stereocenters. The summed E-state index contributed by atoms with van der Waals surface area (Å²) in [6, 6.07) is 14.7. The van der Waals surface area contributed by atoms with Gasteiger partial charge in [0.2, 0.25) is 0 Å². The van der Waals surface area contributed by atoms with Gasteiger partial charge in [-0.05, 0) is 36.6 Å². The van der Waals surface area contributed by atoms with E-state index < -0.39 is 4.92 Å². The zero-order valence-electron chi connectivity index (χ0n) is 15.2. The maximum atomic E-state index is 12.5. The molecule has 7 heteroatoms. The monoisotopic (exact) mass is 390 g/mol. The van der Waals surface area contributed by atoms with Crippen LogP contribution in [0.15, 0.2) is 48.5 Å². The number of likely N-dealkylation sites (tertiary alicyclic amines) is 1. The molecule has 1 fully saturated rings. The normalized spacial score (nSPS) is 16.6. The molecular formula is C20H23ClN2O4. The topological polar surface area (TPSA) is 72.7 Å². The van der Waals surface area contributed by atoms with Gasteiger partial charge in [-0.25, -0.2) is 0 Å². The average Bonchev–Trinajstić information content (AvgIpc) is 3.15. The fourth-order valence-electron chi connectivity index (χ4n) is 3.44.